The maximum Gasteiger partial charge on any atom is 0.251 e. The molecule has 0 heterocycles. The smallest absolute Gasteiger partial charge is 0.251 e. The molecule has 0 spiro atoms. The number of hydrogen-bond acceptors (Lipinski definition) is 5. The summed E-state index contributed by atoms with van der Waals surface area (Å²) < 4.78 is 45.7. The monoisotopic (exact) mass is 498 g/mol. The van der Waals surface area contributed by atoms with Crippen LogP contribution in [0.15, 0.2) is 77.7 Å². The van der Waals surface area contributed by atoms with E-state index in [1.165, 1.54) is 43.5 Å². The molecule has 3 aromatic carbocycles. The Morgan fingerprint density at radius 2 is 1.66 bits per heavy atom. The van der Waals surface area contributed by atoms with E-state index in [2.05, 4.69) is 10.0 Å². The first-order chi connectivity index (χ1) is 16.7. The molecule has 1 atom stereocenters. The summed E-state index contributed by atoms with van der Waals surface area (Å²) in [6.45, 7) is 1.89. The van der Waals surface area contributed by atoms with Crippen LogP contribution in [0.25, 0.3) is 0 Å². The van der Waals surface area contributed by atoms with Crippen LogP contribution in [0, 0.1) is 5.82 Å². The van der Waals surface area contributed by atoms with Crippen molar-refractivity contribution in [2.45, 2.75) is 30.7 Å². The number of hydrogen-bond donors (Lipinski definition) is 2. The summed E-state index contributed by atoms with van der Waals surface area (Å²) in [4.78, 5) is 26.0. The number of carbonyl (C=O) groups is 2. The number of amides is 1. The average molecular weight is 499 g/mol. The van der Waals surface area contributed by atoms with Crippen molar-refractivity contribution in [1.29, 1.82) is 0 Å². The van der Waals surface area contributed by atoms with E-state index in [0.29, 0.717) is 5.56 Å². The summed E-state index contributed by atoms with van der Waals surface area (Å²) in [7, 11) is -2.39. The molecule has 0 saturated heterocycles. The number of halogens is 1. The van der Waals surface area contributed by atoms with Crippen molar-refractivity contribution in [1.82, 2.24) is 10.0 Å². The predicted molar refractivity (Wildman–Crippen MR) is 130 cm³/mol. The molecule has 7 nitrogen and oxygen atoms in total. The van der Waals surface area contributed by atoms with Crippen molar-refractivity contribution in [3.63, 3.8) is 0 Å². The molecule has 0 unspecified atom stereocenters. The first-order valence-electron chi connectivity index (χ1n) is 11.0. The number of ether oxygens (including phenoxy) is 1. The van der Waals surface area contributed by atoms with Gasteiger partial charge in [-0.2, -0.15) is 0 Å². The first-order valence-corrected chi connectivity index (χ1v) is 12.5. The van der Waals surface area contributed by atoms with E-state index >= 15 is 0 Å². The third-order valence-electron chi connectivity index (χ3n) is 5.31. The quantitative estimate of drug-likeness (QED) is 0.423. The summed E-state index contributed by atoms with van der Waals surface area (Å²) in [6.07, 6.45) is 0.204. The van der Waals surface area contributed by atoms with E-state index < -0.39 is 27.8 Å². The highest BCUT2D eigenvalue weighted by Gasteiger charge is 2.24. The van der Waals surface area contributed by atoms with E-state index in [4.69, 9.17) is 4.74 Å². The third kappa shape index (κ3) is 6.97. The standard InChI is InChI=1S/C26H27FN2O5S/c1-3-28-35(32,33)25-14-9-19(17-24(25)34-2)16-23(30)22(15-18-7-5-4-6-8-18)29-26(31)20-10-12-21(27)13-11-20/h4-14,17,22,28H,3,15-16H2,1-2H3,(H,29,31)/t22-/m0/s1. The van der Waals surface area contributed by atoms with Gasteiger partial charge in [0.15, 0.2) is 5.78 Å². The Kier molecular flexibility index (Phi) is 8.73. The molecular weight excluding hydrogens is 471 g/mol. The Bertz CT molecular complexity index is 1280. The molecule has 0 radical (unpaired) electrons. The van der Waals surface area contributed by atoms with Crippen molar-refractivity contribution in [2.75, 3.05) is 13.7 Å². The number of methoxy groups -OCH3 is 1. The first kappa shape index (κ1) is 26.1. The Morgan fingerprint density at radius 3 is 2.29 bits per heavy atom. The molecule has 3 rings (SSSR count). The van der Waals surface area contributed by atoms with Crippen molar-refractivity contribution < 1.29 is 27.1 Å². The van der Waals surface area contributed by atoms with Gasteiger partial charge in [-0.05, 0) is 53.9 Å². The van der Waals surface area contributed by atoms with E-state index in [9.17, 15) is 22.4 Å². The van der Waals surface area contributed by atoms with Crippen molar-refractivity contribution in [2.24, 2.45) is 0 Å². The fourth-order valence-corrected chi connectivity index (χ4v) is 4.76. The number of rotatable bonds is 11. The number of benzene rings is 3. The van der Waals surface area contributed by atoms with E-state index in [0.717, 1.165) is 5.56 Å². The summed E-state index contributed by atoms with van der Waals surface area (Å²) >= 11 is 0. The maximum absolute atomic E-state index is 13.3. The fraction of sp³-hybridized carbons (Fsp3) is 0.231. The average Bonchev–Trinajstić information content (AvgIpc) is 2.84. The molecule has 9 heteroatoms. The molecule has 0 fully saturated rings. The Morgan fingerprint density at radius 1 is 0.971 bits per heavy atom. The van der Waals surface area contributed by atoms with Crippen LogP contribution in [-0.2, 0) is 27.7 Å². The van der Waals surface area contributed by atoms with Gasteiger partial charge in [-0.25, -0.2) is 17.5 Å². The summed E-state index contributed by atoms with van der Waals surface area (Å²) in [5, 5.41) is 2.75. The number of sulfonamides is 1. The van der Waals surface area contributed by atoms with Crippen LogP contribution in [0.3, 0.4) is 0 Å². The Hall–Kier alpha value is -3.56. The Balaban J connectivity index is 1.84. The second-order valence-corrected chi connectivity index (χ2v) is 9.59. The molecule has 0 aliphatic carbocycles. The molecule has 0 bridgehead atoms. The highest BCUT2D eigenvalue weighted by Crippen LogP contribution is 2.25. The van der Waals surface area contributed by atoms with Crippen LogP contribution in [0.5, 0.6) is 5.75 Å². The lowest BCUT2D eigenvalue weighted by atomic mass is 9.97. The van der Waals surface area contributed by atoms with Crippen molar-refractivity contribution in [3.05, 3.63) is 95.3 Å². The van der Waals surface area contributed by atoms with Crippen LogP contribution < -0.4 is 14.8 Å². The Labute approximate surface area is 204 Å². The number of Topliss-reactive ketones (excluding diaryl/α,β-unsaturated/α-hetero) is 1. The zero-order chi connectivity index (χ0) is 25.4. The molecular formula is C26H27FN2O5S. The second kappa shape index (κ2) is 11.7. The van der Waals surface area contributed by atoms with Crippen molar-refractivity contribution >= 4 is 21.7 Å². The number of ketones is 1. The van der Waals surface area contributed by atoms with Crippen molar-refractivity contribution in [3.8, 4) is 5.75 Å². The lowest BCUT2D eigenvalue weighted by Crippen LogP contribution is -2.43. The second-order valence-electron chi connectivity index (χ2n) is 7.85. The summed E-state index contributed by atoms with van der Waals surface area (Å²) in [6, 6.07) is 17.9. The topological polar surface area (TPSA) is 102 Å². The van der Waals surface area contributed by atoms with Crippen LogP contribution in [-0.4, -0.2) is 39.8 Å². The van der Waals surface area contributed by atoms with Gasteiger partial charge in [0.2, 0.25) is 10.0 Å². The third-order valence-corrected chi connectivity index (χ3v) is 6.90. The van der Waals surface area contributed by atoms with Crippen LogP contribution in [0.2, 0.25) is 0 Å². The van der Waals surface area contributed by atoms with Gasteiger partial charge in [-0.15, -0.1) is 0 Å². The van der Waals surface area contributed by atoms with E-state index in [-0.39, 0.29) is 41.4 Å². The van der Waals surface area contributed by atoms with Crippen LogP contribution in [0.4, 0.5) is 4.39 Å². The highest BCUT2D eigenvalue weighted by molar-refractivity contribution is 7.89. The van der Waals surface area contributed by atoms with Gasteiger partial charge in [-0.3, -0.25) is 9.59 Å². The number of carbonyl (C=O) groups excluding carboxylic acids is 2. The zero-order valence-electron chi connectivity index (χ0n) is 19.5. The molecule has 0 saturated carbocycles. The number of nitrogens with one attached hydrogen (secondary N) is 2. The van der Waals surface area contributed by atoms with Gasteiger partial charge in [0, 0.05) is 18.5 Å². The van der Waals surface area contributed by atoms with Gasteiger partial charge in [-0.1, -0.05) is 43.3 Å². The lowest BCUT2D eigenvalue weighted by Gasteiger charge is -2.19. The molecule has 0 aromatic heterocycles. The van der Waals surface area contributed by atoms with Crippen LogP contribution >= 0.6 is 0 Å². The van der Waals surface area contributed by atoms with Gasteiger partial charge in [0.05, 0.1) is 13.2 Å². The maximum atomic E-state index is 13.3. The normalized spacial score (nSPS) is 12.1. The summed E-state index contributed by atoms with van der Waals surface area (Å²) in [5.74, 6) is -1.11. The molecule has 2 N–H and O–H groups in total. The van der Waals surface area contributed by atoms with E-state index in [1.807, 2.05) is 30.3 Å². The van der Waals surface area contributed by atoms with Gasteiger partial charge in [0.1, 0.15) is 16.5 Å². The predicted octanol–water partition coefficient (Wildman–Crippen LogP) is 3.29. The molecule has 35 heavy (non-hydrogen) atoms. The lowest BCUT2D eigenvalue weighted by molar-refractivity contribution is -0.120. The molecule has 184 valence electrons. The van der Waals surface area contributed by atoms with Gasteiger partial charge < -0.3 is 10.1 Å². The van der Waals surface area contributed by atoms with Crippen LogP contribution in [0.1, 0.15) is 28.4 Å². The minimum Gasteiger partial charge on any atom is -0.495 e. The minimum atomic E-state index is -3.75. The van der Waals surface area contributed by atoms with E-state index in [1.54, 1.807) is 13.0 Å². The zero-order valence-corrected chi connectivity index (χ0v) is 20.3. The molecule has 3 aromatic rings. The SMILES string of the molecule is CCNS(=O)(=O)c1ccc(CC(=O)[C@H](Cc2ccccc2)NC(=O)c2ccc(F)cc2)cc1OC. The van der Waals surface area contributed by atoms with Gasteiger partial charge >= 0.3 is 0 Å². The highest BCUT2D eigenvalue weighted by atomic mass is 32.2. The molecule has 0 aliphatic heterocycles. The molecule has 0 aliphatic rings. The molecule has 1 amide bonds. The fourth-order valence-electron chi connectivity index (χ4n) is 3.57. The summed E-state index contributed by atoms with van der Waals surface area (Å²) in [5.41, 5.74) is 1.63. The van der Waals surface area contributed by atoms with Gasteiger partial charge in [0.25, 0.3) is 5.91 Å². The largest absolute Gasteiger partial charge is 0.495 e. The minimum absolute atomic E-state index is 0.0245.